The molecule has 1 heterocycles. The molecule has 3 rings (SSSR count). The molecule has 0 radical (unpaired) electrons. The molecule has 156 valence electrons. The number of benzene rings is 2. The zero-order valence-corrected chi connectivity index (χ0v) is 17.7. The van der Waals surface area contributed by atoms with Gasteiger partial charge in [-0.25, -0.2) is 4.79 Å². The molecule has 1 amide bonds. The number of nitrogens with zero attached hydrogens (tertiary/aromatic N) is 3. The monoisotopic (exact) mass is 426 g/mol. The van der Waals surface area contributed by atoms with Crippen molar-refractivity contribution in [2.75, 3.05) is 24.8 Å². The molecular formula is C21H22N4O4S. The van der Waals surface area contributed by atoms with E-state index < -0.39 is 5.97 Å². The van der Waals surface area contributed by atoms with Crippen molar-refractivity contribution in [1.82, 2.24) is 14.8 Å². The predicted octanol–water partition coefficient (Wildman–Crippen LogP) is 3.40. The van der Waals surface area contributed by atoms with Gasteiger partial charge in [0.25, 0.3) is 0 Å². The van der Waals surface area contributed by atoms with Gasteiger partial charge in [0.15, 0.2) is 11.0 Å². The Balaban J connectivity index is 1.64. The molecule has 9 heteroatoms. The minimum atomic E-state index is -0.425. The first-order valence-electron chi connectivity index (χ1n) is 9.26. The predicted molar refractivity (Wildman–Crippen MR) is 115 cm³/mol. The Hall–Kier alpha value is -3.33. The summed E-state index contributed by atoms with van der Waals surface area (Å²) in [6.45, 7) is 2.03. The Morgan fingerprint density at radius 2 is 1.93 bits per heavy atom. The molecule has 0 saturated carbocycles. The third-order valence-corrected chi connectivity index (χ3v) is 5.19. The zero-order valence-electron chi connectivity index (χ0n) is 16.9. The van der Waals surface area contributed by atoms with Crippen molar-refractivity contribution >= 4 is 29.3 Å². The summed E-state index contributed by atoms with van der Waals surface area (Å²) in [5.74, 6) is 0.844. The number of amides is 1. The van der Waals surface area contributed by atoms with Gasteiger partial charge in [0, 0.05) is 12.7 Å². The van der Waals surface area contributed by atoms with Crippen LogP contribution in [0.3, 0.4) is 0 Å². The van der Waals surface area contributed by atoms with E-state index in [2.05, 4.69) is 15.5 Å². The molecule has 0 unspecified atom stereocenters. The Labute approximate surface area is 178 Å². The van der Waals surface area contributed by atoms with Gasteiger partial charge >= 0.3 is 5.97 Å². The summed E-state index contributed by atoms with van der Waals surface area (Å²) in [6, 6.07) is 14.2. The molecule has 0 bridgehead atoms. The summed E-state index contributed by atoms with van der Waals surface area (Å²) >= 11 is 1.27. The highest BCUT2D eigenvalue weighted by molar-refractivity contribution is 7.99. The van der Waals surface area contributed by atoms with Crippen LogP contribution in [0.15, 0.2) is 53.7 Å². The van der Waals surface area contributed by atoms with Crippen LogP contribution in [0.25, 0.3) is 11.4 Å². The highest BCUT2D eigenvalue weighted by atomic mass is 32.2. The van der Waals surface area contributed by atoms with Gasteiger partial charge in [-0.2, -0.15) is 0 Å². The van der Waals surface area contributed by atoms with Crippen LogP contribution in [-0.2, 0) is 16.6 Å². The first kappa shape index (κ1) is 21.4. The molecule has 0 atom stereocenters. The van der Waals surface area contributed by atoms with Crippen LogP contribution in [0.1, 0.15) is 17.3 Å². The highest BCUT2D eigenvalue weighted by Crippen LogP contribution is 2.30. The van der Waals surface area contributed by atoms with Gasteiger partial charge in [-0.3, -0.25) is 4.79 Å². The quantitative estimate of drug-likeness (QED) is 0.436. The lowest BCUT2D eigenvalue weighted by Crippen LogP contribution is -2.15. The van der Waals surface area contributed by atoms with Crippen molar-refractivity contribution < 1.29 is 19.1 Å². The fourth-order valence-corrected chi connectivity index (χ4v) is 3.48. The normalized spacial score (nSPS) is 10.5. The molecule has 0 aliphatic heterocycles. The smallest absolute Gasteiger partial charge is 0.338 e. The van der Waals surface area contributed by atoms with Gasteiger partial charge in [0.2, 0.25) is 5.91 Å². The van der Waals surface area contributed by atoms with Gasteiger partial charge in [-0.1, -0.05) is 30.0 Å². The molecular weight excluding hydrogens is 404 g/mol. The molecule has 0 aliphatic carbocycles. The fourth-order valence-electron chi connectivity index (χ4n) is 2.77. The molecule has 0 aliphatic rings. The number of rotatable bonds is 8. The topological polar surface area (TPSA) is 95.3 Å². The summed E-state index contributed by atoms with van der Waals surface area (Å²) in [6.07, 6.45) is 0. The maximum Gasteiger partial charge on any atom is 0.338 e. The Morgan fingerprint density at radius 1 is 1.13 bits per heavy atom. The van der Waals surface area contributed by atoms with Crippen molar-refractivity contribution in [3.8, 4) is 17.1 Å². The average Bonchev–Trinajstić information content (AvgIpc) is 3.12. The molecule has 3 aromatic rings. The van der Waals surface area contributed by atoms with E-state index in [-0.39, 0.29) is 11.7 Å². The molecule has 1 N–H and O–H groups in total. The second-order valence-corrected chi connectivity index (χ2v) is 7.15. The number of nitrogens with one attached hydrogen (secondary N) is 1. The van der Waals surface area contributed by atoms with E-state index in [0.29, 0.717) is 34.6 Å². The second-order valence-electron chi connectivity index (χ2n) is 6.20. The number of anilines is 1. The number of methoxy groups -OCH3 is 1. The Kier molecular flexibility index (Phi) is 7.08. The van der Waals surface area contributed by atoms with E-state index in [4.69, 9.17) is 9.47 Å². The highest BCUT2D eigenvalue weighted by Gasteiger charge is 2.16. The van der Waals surface area contributed by atoms with Crippen LogP contribution in [0, 0.1) is 0 Å². The van der Waals surface area contributed by atoms with Crippen molar-refractivity contribution in [3.63, 3.8) is 0 Å². The molecule has 1 aromatic heterocycles. The lowest BCUT2D eigenvalue weighted by molar-refractivity contribution is -0.113. The summed E-state index contributed by atoms with van der Waals surface area (Å²) in [4.78, 5) is 24.2. The zero-order chi connectivity index (χ0) is 21.5. The Morgan fingerprint density at radius 3 is 2.70 bits per heavy atom. The summed E-state index contributed by atoms with van der Waals surface area (Å²) in [5.41, 5.74) is 1.73. The number of esters is 1. The van der Waals surface area contributed by atoms with E-state index in [1.165, 1.54) is 11.8 Å². The van der Waals surface area contributed by atoms with E-state index in [1.807, 2.05) is 35.9 Å². The Bertz CT molecular complexity index is 1050. The van der Waals surface area contributed by atoms with Crippen LogP contribution in [0.4, 0.5) is 5.69 Å². The largest absolute Gasteiger partial charge is 0.496 e. The lowest BCUT2D eigenvalue weighted by atomic mass is 10.2. The van der Waals surface area contributed by atoms with Gasteiger partial charge in [-0.15, -0.1) is 10.2 Å². The molecule has 0 saturated heterocycles. The first-order valence-corrected chi connectivity index (χ1v) is 10.2. The van der Waals surface area contributed by atoms with E-state index in [0.717, 1.165) is 5.56 Å². The van der Waals surface area contributed by atoms with Gasteiger partial charge in [-0.05, 0) is 37.3 Å². The number of thioether (sulfide) groups is 1. The first-order chi connectivity index (χ1) is 14.5. The lowest BCUT2D eigenvalue weighted by Gasteiger charge is -2.09. The van der Waals surface area contributed by atoms with E-state index in [1.54, 1.807) is 38.3 Å². The van der Waals surface area contributed by atoms with Crippen LogP contribution in [-0.4, -0.2) is 46.1 Å². The van der Waals surface area contributed by atoms with Gasteiger partial charge in [0.1, 0.15) is 5.75 Å². The molecule has 0 spiro atoms. The van der Waals surface area contributed by atoms with Crippen molar-refractivity contribution in [2.45, 2.75) is 12.1 Å². The number of carbonyl (C=O) groups excluding carboxylic acids is 2. The number of hydrogen-bond acceptors (Lipinski definition) is 7. The summed E-state index contributed by atoms with van der Waals surface area (Å²) in [5, 5.41) is 11.8. The maximum atomic E-state index is 12.4. The molecule has 8 nitrogen and oxygen atoms in total. The third kappa shape index (κ3) is 4.98. The standard InChI is InChI=1S/C21H22N4O4S/c1-4-29-20(27)14-8-7-9-15(12-14)22-18(26)13-30-21-24-23-19(25(21)2)16-10-5-6-11-17(16)28-3/h5-12H,4,13H2,1-3H3,(H,22,26). The molecule has 30 heavy (non-hydrogen) atoms. The number of aromatic nitrogens is 3. The minimum Gasteiger partial charge on any atom is -0.496 e. The second kappa shape index (κ2) is 9.93. The number of ether oxygens (including phenoxy) is 2. The van der Waals surface area contributed by atoms with Crippen molar-refractivity contribution in [2.24, 2.45) is 7.05 Å². The van der Waals surface area contributed by atoms with Crippen LogP contribution < -0.4 is 10.1 Å². The third-order valence-electron chi connectivity index (χ3n) is 4.17. The van der Waals surface area contributed by atoms with Gasteiger partial charge in [0.05, 0.1) is 30.6 Å². The van der Waals surface area contributed by atoms with Crippen LogP contribution in [0.5, 0.6) is 5.75 Å². The van der Waals surface area contributed by atoms with Gasteiger partial charge < -0.3 is 19.4 Å². The van der Waals surface area contributed by atoms with Crippen molar-refractivity contribution in [1.29, 1.82) is 0 Å². The number of para-hydroxylation sites is 1. The fraction of sp³-hybridized carbons (Fsp3) is 0.238. The van der Waals surface area contributed by atoms with Crippen molar-refractivity contribution in [3.05, 3.63) is 54.1 Å². The number of carbonyl (C=O) groups is 2. The van der Waals surface area contributed by atoms with Crippen LogP contribution >= 0.6 is 11.8 Å². The minimum absolute atomic E-state index is 0.140. The van der Waals surface area contributed by atoms with E-state index in [9.17, 15) is 9.59 Å². The average molecular weight is 426 g/mol. The summed E-state index contributed by atoms with van der Waals surface area (Å²) < 4.78 is 12.2. The maximum absolute atomic E-state index is 12.4. The molecule has 2 aromatic carbocycles. The number of hydrogen-bond donors (Lipinski definition) is 1. The van der Waals surface area contributed by atoms with E-state index >= 15 is 0 Å². The van der Waals surface area contributed by atoms with Crippen LogP contribution in [0.2, 0.25) is 0 Å². The molecule has 0 fully saturated rings. The SMILES string of the molecule is CCOC(=O)c1cccc(NC(=O)CSc2nnc(-c3ccccc3OC)n2C)c1. The summed E-state index contributed by atoms with van der Waals surface area (Å²) in [7, 11) is 3.44.